The van der Waals surface area contributed by atoms with E-state index in [1.807, 2.05) is 17.0 Å². The van der Waals surface area contributed by atoms with Gasteiger partial charge in [0.1, 0.15) is 0 Å². The number of carbonyl (C=O) groups excluding carboxylic acids is 2. The van der Waals surface area contributed by atoms with Crippen molar-refractivity contribution in [2.75, 3.05) is 57.4 Å². The molecule has 0 bridgehead atoms. The zero-order valence-corrected chi connectivity index (χ0v) is 26.7. The number of amides is 1. The van der Waals surface area contributed by atoms with Crippen LogP contribution in [-0.4, -0.2) is 85.0 Å². The molecule has 2 saturated heterocycles. The van der Waals surface area contributed by atoms with Gasteiger partial charge in [-0.25, -0.2) is 4.85 Å². The Morgan fingerprint density at radius 2 is 1.80 bits per heavy atom. The van der Waals surface area contributed by atoms with E-state index in [0.29, 0.717) is 24.8 Å². The first-order valence-electron chi connectivity index (χ1n) is 16.4. The van der Waals surface area contributed by atoms with Crippen molar-refractivity contribution in [2.45, 2.75) is 71.3 Å². The van der Waals surface area contributed by atoms with E-state index in [2.05, 4.69) is 59.5 Å². The number of hydrogen-bond donors (Lipinski definition) is 1. The molecule has 8 nitrogen and oxygen atoms in total. The van der Waals surface area contributed by atoms with Gasteiger partial charge >= 0.3 is 0 Å². The van der Waals surface area contributed by atoms with E-state index in [-0.39, 0.29) is 17.1 Å². The number of aryl methyl sites for hydroxylation is 1. The van der Waals surface area contributed by atoms with Gasteiger partial charge in [-0.15, -0.1) is 0 Å². The first-order valence-corrected chi connectivity index (χ1v) is 16.4. The summed E-state index contributed by atoms with van der Waals surface area (Å²) in [6.45, 7) is 22.8. The Kier molecular flexibility index (Phi) is 8.54. The summed E-state index contributed by atoms with van der Waals surface area (Å²) in [6.07, 6.45) is 4.51. The predicted octanol–water partition coefficient (Wildman–Crippen LogP) is 6.08. The van der Waals surface area contributed by atoms with Gasteiger partial charge < -0.3 is 19.5 Å². The number of benzene rings is 2. The van der Waals surface area contributed by atoms with Gasteiger partial charge in [-0.3, -0.25) is 14.5 Å². The average molecular weight is 596 g/mol. The molecule has 6 rings (SSSR count). The highest BCUT2D eigenvalue weighted by Crippen LogP contribution is 2.46. The number of nitrogens with zero attached hydrogens (tertiary/aromatic N) is 4. The maximum atomic E-state index is 14.0. The second-order valence-corrected chi connectivity index (χ2v) is 13.0. The Morgan fingerprint density at radius 1 is 1.05 bits per heavy atom. The molecule has 1 aromatic heterocycles. The van der Waals surface area contributed by atoms with Gasteiger partial charge in [0.15, 0.2) is 11.5 Å². The third kappa shape index (κ3) is 5.41. The van der Waals surface area contributed by atoms with Crippen molar-refractivity contribution in [1.82, 2.24) is 14.8 Å². The molecule has 0 atom stereocenters. The fraction of sp³-hybridized carbons (Fsp3) is 0.528. The number of hydrogen-bond acceptors (Lipinski definition) is 5. The number of aromatic nitrogens is 1. The molecule has 0 radical (unpaired) electrons. The summed E-state index contributed by atoms with van der Waals surface area (Å²) in [5.74, 6) is 0.284. The molecule has 1 aliphatic carbocycles. The van der Waals surface area contributed by atoms with Crippen molar-refractivity contribution in [3.63, 3.8) is 0 Å². The van der Waals surface area contributed by atoms with E-state index in [4.69, 9.17) is 11.3 Å². The summed E-state index contributed by atoms with van der Waals surface area (Å²) in [7, 11) is 0. The molecule has 2 fully saturated rings. The van der Waals surface area contributed by atoms with Crippen molar-refractivity contribution < 1.29 is 14.3 Å². The molecule has 8 heteroatoms. The van der Waals surface area contributed by atoms with E-state index in [9.17, 15) is 9.59 Å². The van der Waals surface area contributed by atoms with E-state index in [1.165, 1.54) is 11.3 Å². The van der Waals surface area contributed by atoms with E-state index in [0.717, 1.165) is 105 Å². The van der Waals surface area contributed by atoms with E-state index < -0.39 is 0 Å². The minimum atomic E-state index is -0.381. The number of nitrogens with one attached hydrogen (secondary N) is 1. The molecule has 44 heavy (non-hydrogen) atoms. The second kappa shape index (κ2) is 12.4. The molecule has 3 aromatic rings. The normalized spacial score (nSPS) is 18.8. The lowest BCUT2D eigenvalue weighted by Crippen LogP contribution is -2.54. The van der Waals surface area contributed by atoms with Crippen LogP contribution in [0.15, 0.2) is 30.3 Å². The highest BCUT2D eigenvalue weighted by Gasteiger charge is 2.41. The Bertz CT molecular complexity index is 1600. The summed E-state index contributed by atoms with van der Waals surface area (Å²) in [4.78, 5) is 40.8. The number of rotatable bonds is 8. The summed E-state index contributed by atoms with van der Waals surface area (Å²) in [5, 5.41) is 0.895. The number of carbonyl (C=O) groups is 2. The maximum Gasteiger partial charge on any atom is 0.224 e. The zero-order chi connectivity index (χ0) is 31.0. The summed E-state index contributed by atoms with van der Waals surface area (Å²) >= 11 is 0. The smallest absolute Gasteiger partial charge is 0.224 e. The van der Waals surface area contributed by atoms with E-state index >= 15 is 0 Å². The van der Waals surface area contributed by atoms with Gasteiger partial charge in [0, 0.05) is 85.2 Å². The lowest BCUT2D eigenvalue weighted by molar-refractivity contribution is -0.134. The van der Waals surface area contributed by atoms with Crippen molar-refractivity contribution in [1.29, 1.82) is 0 Å². The summed E-state index contributed by atoms with van der Waals surface area (Å²) < 4.78 is 5.52. The lowest BCUT2D eigenvalue weighted by Gasteiger charge is -2.44. The second-order valence-electron chi connectivity index (χ2n) is 13.0. The minimum absolute atomic E-state index is 0.0715. The van der Waals surface area contributed by atoms with E-state index in [1.54, 1.807) is 6.07 Å². The highest BCUT2D eigenvalue weighted by molar-refractivity contribution is 6.20. The molecular weight excluding hydrogens is 550 g/mol. The monoisotopic (exact) mass is 595 g/mol. The van der Waals surface area contributed by atoms with Gasteiger partial charge in [-0.1, -0.05) is 39.8 Å². The SMILES string of the molecule is [C-]#[N+]c1ccc2c3c([nH]c2c1)C(C)(C)c1cc(N2CCC(N4CCN(C(=O)CCOCCC)CC4)CC2)c(CC)cc1C3=O. The van der Waals surface area contributed by atoms with Crippen molar-refractivity contribution in [2.24, 2.45) is 0 Å². The number of piperidine rings is 1. The number of ketones is 1. The molecule has 232 valence electrons. The van der Waals surface area contributed by atoms with Crippen LogP contribution in [0, 0.1) is 6.57 Å². The Balaban J connectivity index is 1.16. The maximum absolute atomic E-state index is 14.0. The fourth-order valence-corrected chi connectivity index (χ4v) is 7.52. The number of aromatic amines is 1. The average Bonchev–Trinajstić information content (AvgIpc) is 3.45. The van der Waals surface area contributed by atoms with Crippen LogP contribution in [0.3, 0.4) is 0 Å². The van der Waals surface area contributed by atoms with Crippen LogP contribution in [-0.2, 0) is 21.4 Å². The molecule has 0 spiro atoms. The number of ether oxygens (including phenoxy) is 1. The Morgan fingerprint density at radius 3 is 2.48 bits per heavy atom. The summed E-state index contributed by atoms with van der Waals surface area (Å²) in [5.41, 5.74) is 7.07. The zero-order valence-electron chi connectivity index (χ0n) is 26.7. The Hall–Kier alpha value is -3.67. The molecule has 1 amide bonds. The molecule has 0 unspecified atom stereocenters. The highest BCUT2D eigenvalue weighted by atomic mass is 16.5. The van der Waals surface area contributed by atoms with Gasteiger partial charge in [-0.05, 0) is 55.0 Å². The van der Waals surface area contributed by atoms with Crippen molar-refractivity contribution >= 4 is 34.0 Å². The lowest BCUT2D eigenvalue weighted by atomic mass is 9.70. The van der Waals surface area contributed by atoms with Crippen LogP contribution < -0.4 is 4.90 Å². The number of piperazine rings is 1. The van der Waals surface area contributed by atoms with Crippen LogP contribution in [0.1, 0.15) is 86.1 Å². The van der Waals surface area contributed by atoms with Crippen molar-refractivity contribution in [3.8, 4) is 0 Å². The van der Waals surface area contributed by atoms with Crippen LogP contribution in [0.2, 0.25) is 0 Å². The van der Waals surface area contributed by atoms with Crippen LogP contribution in [0.5, 0.6) is 0 Å². The number of anilines is 1. The number of H-pyrrole nitrogens is 1. The first kappa shape index (κ1) is 30.4. The molecule has 2 aromatic carbocycles. The van der Waals surface area contributed by atoms with Gasteiger partial charge in [-0.2, -0.15) is 0 Å². The third-order valence-corrected chi connectivity index (χ3v) is 10.1. The van der Waals surface area contributed by atoms with Crippen molar-refractivity contribution in [3.05, 3.63) is 69.7 Å². The topological polar surface area (TPSA) is 73.2 Å². The van der Waals surface area contributed by atoms with Gasteiger partial charge in [0.05, 0.1) is 25.2 Å². The largest absolute Gasteiger partial charge is 0.381 e. The Labute approximate surface area is 261 Å². The van der Waals surface area contributed by atoms with Crippen LogP contribution in [0.25, 0.3) is 15.7 Å². The summed E-state index contributed by atoms with van der Waals surface area (Å²) in [6, 6.07) is 10.5. The van der Waals surface area contributed by atoms with Crippen LogP contribution >= 0.6 is 0 Å². The fourth-order valence-electron chi connectivity index (χ4n) is 7.52. The van der Waals surface area contributed by atoms with Gasteiger partial charge in [0.25, 0.3) is 0 Å². The molecule has 0 saturated carbocycles. The first-order chi connectivity index (χ1) is 21.3. The predicted molar refractivity (Wildman–Crippen MR) is 175 cm³/mol. The van der Waals surface area contributed by atoms with Crippen LogP contribution in [0.4, 0.5) is 11.4 Å². The molecule has 3 heterocycles. The third-order valence-electron chi connectivity index (χ3n) is 10.1. The molecule has 2 aliphatic heterocycles. The number of fused-ring (bicyclic) bond motifs is 4. The van der Waals surface area contributed by atoms with Gasteiger partial charge in [0.2, 0.25) is 5.91 Å². The standard InChI is InChI=1S/C36H45N5O3/c1-6-19-44-20-12-32(42)41-17-15-39(16-18-41)26-10-13-40(14-11-26)31-23-29-28(21-24(31)7-2)34(43)33-27-9-8-25(37-5)22-30(27)38-35(33)36(29,3)4/h8-9,21-23,26,38H,6-7,10-20H2,1-4H3. The molecular formula is C36H45N5O3. The minimum Gasteiger partial charge on any atom is -0.381 e. The molecule has 3 aliphatic rings. The quantitative estimate of drug-likeness (QED) is 0.252. The molecule has 1 N–H and O–H groups in total.